The Hall–Kier alpha value is -2.66. The van der Waals surface area contributed by atoms with E-state index in [1.165, 1.54) is 11.3 Å². The number of fused-ring (bicyclic) bond motifs is 5. The van der Waals surface area contributed by atoms with Gasteiger partial charge in [-0.3, -0.25) is 14.0 Å². The first kappa shape index (κ1) is 23.5. The second-order valence-electron chi connectivity index (χ2n) is 7.14. The van der Waals surface area contributed by atoms with Crippen LogP contribution < -0.4 is 15.6 Å². The molecule has 0 aliphatic carbocycles. The summed E-state index contributed by atoms with van der Waals surface area (Å²) in [6, 6.07) is 11.4. The molecule has 0 bridgehead atoms. The van der Waals surface area contributed by atoms with Crippen LogP contribution in [0.2, 0.25) is 0 Å². The van der Waals surface area contributed by atoms with E-state index in [-0.39, 0.29) is 24.1 Å². The van der Waals surface area contributed by atoms with Crippen LogP contribution in [0.15, 0.2) is 41.2 Å². The molecule has 4 aromatic rings. The quantitative estimate of drug-likeness (QED) is 0.255. The molecular weight excluding hydrogens is 460 g/mol. The zero-order chi connectivity index (χ0) is 23.4. The molecule has 0 atom stereocenters. The lowest BCUT2D eigenvalue weighted by Gasteiger charge is -2.27. The van der Waals surface area contributed by atoms with E-state index >= 15 is 0 Å². The van der Waals surface area contributed by atoms with E-state index in [4.69, 9.17) is 13.9 Å². The summed E-state index contributed by atoms with van der Waals surface area (Å²) in [4.78, 5) is 33.9. The molecule has 1 fully saturated rings. The van der Waals surface area contributed by atoms with Crippen LogP contribution in [-0.2, 0) is 8.92 Å². The van der Waals surface area contributed by atoms with Crippen LogP contribution >= 0.6 is 24.2 Å². The number of anilines is 1. The van der Waals surface area contributed by atoms with Gasteiger partial charge in [0.25, 0.3) is 5.91 Å². The largest absolute Gasteiger partial charge is 0.378 e. The number of pyridine rings is 2. The van der Waals surface area contributed by atoms with Crippen LogP contribution in [0, 0.1) is 0 Å². The van der Waals surface area contributed by atoms with Crippen molar-refractivity contribution in [3.05, 3.63) is 52.2 Å². The third-order valence-electron chi connectivity index (χ3n) is 5.31. The lowest BCUT2D eigenvalue weighted by atomic mass is 10.1. The molecule has 33 heavy (non-hydrogen) atoms. The van der Waals surface area contributed by atoms with Gasteiger partial charge in [0.05, 0.1) is 35.4 Å². The van der Waals surface area contributed by atoms with Gasteiger partial charge in [0.1, 0.15) is 16.2 Å². The van der Waals surface area contributed by atoms with Gasteiger partial charge in [-0.15, -0.1) is 11.3 Å². The Labute approximate surface area is 200 Å². The van der Waals surface area contributed by atoms with Crippen molar-refractivity contribution in [1.82, 2.24) is 14.7 Å². The number of rotatable bonds is 5. The summed E-state index contributed by atoms with van der Waals surface area (Å²) in [7, 11) is 0. The summed E-state index contributed by atoms with van der Waals surface area (Å²) in [5.41, 5.74) is 1.25. The van der Waals surface area contributed by atoms with Crippen LogP contribution in [0.1, 0.15) is 24.2 Å². The highest BCUT2D eigenvalue weighted by Gasteiger charge is 2.23. The highest BCUT2D eigenvalue weighted by molar-refractivity contribution is 7.75. The highest BCUT2D eigenvalue weighted by atomic mass is 32.1. The number of nitrogens with one attached hydrogen (secondary N) is 1. The lowest BCUT2D eigenvalue weighted by molar-refractivity contribution is 0.0949. The molecule has 1 aliphatic rings. The summed E-state index contributed by atoms with van der Waals surface area (Å²) in [5, 5.41) is 3.15. The molecule has 0 spiro atoms. The molecule has 5 rings (SSSR count). The van der Waals surface area contributed by atoms with Crippen molar-refractivity contribution < 1.29 is 13.7 Å². The number of benzene rings is 1. The van der Waals surface area contributed by atoms with Crippen molar-refractivity contribution in [2.24, 2.45) is 0 Å². The summed E-state index contributed by atoms with van der Waals surface area (Å²) in [6.45, 7) is 7.27. The Morgan fingerprint density at radius 1 is 1.21 bits per heavy atom. The van der Waals surface area contributed by atoms with E-state index in [0.29, 0.717) is 29.1 Å². The number of aromatic nitrogens is 2. The lowest BCUT2D eigenvalue weighted by Crippen LogP contribution is -2.37. The Morgan fingerprint density at radius 3 is 2.73 bits per heavy atom. The minimum atomic E-state index is -0.432. The van der Waals surface area contributed by atoms with E-state index in [2.05, 4.69) is 23.1 Å². The monoisotopic (exact) mass is 486 g/mol. The fourth-order valence-electron chi connectivity index (χ4n) is 3.85. The van der Waals surface area contributed by atoms with Gasteiger partial charge in [-0.25, -0.2) is 4.98 Å². The minimum Gasteiger partial charge on any atom is -0.378 e. The summed E-state index contributed by atoms with van der Waals surface area (Å²) < 4.78 is 13.0. The predicted molar refractivity (Wildman–Crippen MR) is 136 cm³/mol. The second-order valence-corrected chi connectivity index (χ2v) is 8.43. The maximum atomic E-state index is 13.4. The van der Waals surface area contributed by atoms with Gasteiger partial charge >= 0.3 is 0 Å². The molecule has 1 N–H and O–H groups in total. The van der Waals surface area contributed by atoms with Crippen LogP contribution in [0.25, 0.3) is 26.1 Å². The van der Waals surface area contributed by atoms with Crippen LogP contribution in [0.4, 0.5) is 5.82 Å². The number of para-hydroxylation sites is 1. The zero-order valence-corrected chi connectivity index (χ0v) is 20.2. The number of carbonyl (C=O) groups excluding carboxylic acids is 1. The van der Waals surface area contributed by atoms with Gasteiger partial charge in [0, 0.05) is 19.6 Å². The van der Waals surface area contributed by atoms with Crippen LogP contribution in [0.5, 0.6) is 0 Å². The van der Waals surface area contributed by atoms with E-state index in [1.54, 1.807) is 6.07 Å². The Balaban J connectivity index is 0.00000126. The van der Waals surface area contributed by atoms with Crippen molar-refractivity contribution in [3.8, 4) is 0 Å². The molecule has 1 aromatic carbocycles. The molecule has 0 radical (unpaired) electrons. The molecule has 10 heteroatoms. The molecule has 8 nitrogen and oxygen atoms in total. The fraction of sp³-hybridized carbons (Fsp3) is 0.348. The number of hydrogen-bond donors (Lipinski definition) is 2. The third kappa shape index (κ3) is 4.43. The van der Waals surface area contributed by atoms with E-state index in [1.807, 2.05) is 48.6 Å². The predicted octanol–water partition coefficient (Wildman–Crippen LogP) is 3.52. The van der Waals surface area contributed by atoms with Gasteiger partial charge in [-0.1, -0.05) is 26.0 Å². The Morgan fingerprint density at radius 2 is 1.97 bits per heavy atom. The van der Waals surface area contributed by atoms with Crippen LogP contribution in [-0.4, -0.2) is 54.7 Å². The topological polar surface area (TPSA) is 85.2 Å². The first-order valence-electron chi connectivity index (χ1n) is 10.9. The van der Waals surface area contributed by atoms with Crippen molar-refractivity contribution in [2.75, 3.05) is 44.4 Å². The molecule has 174 valence electrons. The molecule has 1 saturated heterocycles. The normalized spacial score (nSPS) is 13.8. The number of carbonyl (C=O) groups is 1. The van der Waals surface area contributed by atoms with E-state index in [0.717, 1.165) is 29.1 Å². The van der Waals surface area contributed by atoms with Crippen molar-refractivity contribution in [2.45, 2.75) is 13.8 Å². The maximum absolute atomic E-state index is 13.4. The molecule has 1 amide bonds. The molecule has 1 aliphatic heterocycles. The number of nitrogens with zero attached hydrogens (tertiary/aromatic N) is 3. The Bertz CT molecular complexity index is 1350. The van der Waals surface area contributed by atoms with Gasteiger partial charge in [0.15, 0.2) is 5.65 Å². The number of morpholine rings is 1. The van der Waals surface area contributed by atoms with E-state index < -0.39 is 5.91 Å². The molecular formula is C23H26N4O4S2. The third-order valence-corrected chi connectivity index (χ3v) is 6.64. The molecule has 4 heterocycles. The highest BCUT2D eigenvalue weighted by Crippen LogP contribution is 2.31. The first-order chi connectivity index (χ1) is 16.2. The summed E-state index contributed by atoms with van der Waals surface area (Å²) in [5.74, 6) is 0.362. The SMILES string of the molecule is CC.O=C(NCCOS)c1c(=O)c2ccc(N3CCOCC3)nc2n2c1sc1ccccc12. The Kier molecular flexibility index (Phi) is 7.49. The van der Waals surface area contributed by atoms with Crippen LogP contribution in [0.3, 0.4) is 0 Å². The van der Waals surface area contributed by atoms with Gasteiger partial charge in [0.2, 0.25) is 5.43 Å². The van der Waals surface area contributed by atoms with Crippen molar-refractivity contribution in [3.63, 3.8) is 0 Å². The van der Waals surface area contributed by atoms with Gasteiger partial charge in [-0.05, 0) is 37.2 Å². The minimum absolute atomic E-state index is 0.119. The summed E-state index contributed by atoms with van der Waals surface area (Å²) in [6.07, 6.45) is 0. The smallest absolute Gasteiger partial charge is 0.258 e. The standard InChI is InChI=1S/C21H20N4O4S2.C2H6/c26-18-13-5-6-16(24-8-11-28-12-9-24)23-19(13)25-14-3-1-2-4-15(14)31-21(25)17(18)20(27)22-7-10-29-30;1-2/h1-6,30H,7-12H2,(H,22,27);1-2H3. The number of thiazole rings is 1. The molecule has 3 aromatic heterocycles. The van der Waals surface area contributed by atoms with Gasteiger partial charge < -0.3 is 19.1 Å². The average Bonchev–Trinajstić information content (AvgIpc) is 3.25. The maximum Gasteiger partial charge on any atom is 0.258 e. The average molecular weight is 487 g/mol. The molecule has 0 unspecified atom stereocenters. The summed E-state index contributed by atoms with van der Waals surface area (Å²) >= 11 is 5.10. The van der Waals surface area contributed by atoms with E-state index in [9.17, 15) is 9.59 Å². The first-order valence-corrected chi connectivity index (χ1v) is 12.1. The fourth-order valence-corrected chi connectivity index (χ4v) is 5.12. The van der Waals surface area contributed by atoms with Gasteiger partial charge in [-0.2, -0.15) is 0 Å². The molecule has 0 saturated carbocycles. The van der Waals surface area contributed by atoms with Crippen molar-refractivity contribution >= 4 is 62.1 Å². The number of hydrogen-bond acceptors (Lipinski definition) is 8. The zero-order valence-electron chi connectivity index (χ0n) is 18.5. The number of thiol groups is 1. The second kappa shape index (κ2) is 10.5. The van der Waals surface area contributed by atoms with Crippen molar-refractivity contribution in [1.29, 1.82) is 0 Å². The number of amides is 1. The number of ether oxygens (including phenoxy) is 1.